The minimum Gasteiger partial charge on any atom is -0.352 e. The molecule has 6 heteroatoms. The predicted octanol–water partition coefficient (Wildman–Crippen LogP) is 2.24. The first-order valence-corrected chi connectivity index (χ1v) is 5.99. The van der Waals surface area contributed by atoms with Gasteiger partial charge in [-0.15, -0.1) is 12.4 Å². The van der Waals surface area contributed by atoms with Crippen molar-refractivity contribution in [2.45, 2.75) is 6.42 Å². The minimum atomic E-state index is -0.568. The number of nitrogens with one attached hydrogen (secondary N) is 2. The van der Waals surface area contributed by atoms with Crippen molar-refractivity contribution in [3.05, 3.63) is 34.6 Å². The molecule has 100 valence electrons. The summed E-state index contributed by atoms with van der Waals surface area (Å²) in [7, 11) is 0. The fourth-order valence-corrected chi connectivity index (χ4v) is 2.11. The molecule has 3 nitrogen and oxygen atoms in total. The molecule has 0 aromatic heterocycles. The zero-order valence-corrected chi connectivity index (χ0v) is 11.3. The van der Waals surface area contributed by atoms with Gasteiger partial charge in [-0.25, -0.2) is 4.39 Å². The number of halogens is 3. The van der Waals surface area contributed by atoms with Crippen molar-refractivity contribution in [2.24, 2.45) is 5.92 Å². The van der Waals surface area contributed by atoms with Crippen LogP contribution in [0.5, 0.6) is 0 Å². The smallest absolute Gasteiger partial charge is 0.252 e. The van der Waals surface area contributed by atoms with Crippen molar-refractivity contribution < 1.29 is 9.18 Å². The third-order valence-electron chi connectivity index (χ3n) is 2.91. The Balaban J connectivity index is 0.00000162. The van der Waals surface area contributed by atoms with Crippen LogP contribution in [0, 0.1) is 11.7 Å². The molecule has 2 N–H and O–H groups in total. The predicted molar refractivity (Wildman–Crippen MR) is 72.0 cm³/mol. The third-order valence-corrected chi connectivity index (χ3v) is 3.29. The van der Waals surface area contributed by atoms with Gasteiger partial charge in [0.05, 0.1) is 10.6 Å². The van der Waals surface area contributed by atoms with Crippen molar-refractivity contribution in [1.29, 1.82) is 0 Å². The Bertz CT molecular complexity index is 423. The Kier molecular flexibility index (Phi) is 5.85. The first kappa shape index (κ1) is 15.2. The number of benzene rings is 1. The van der Waals surface area contributed by atoms with Gasteiger partial charge in [-0.1, -0.05) is 17.7 Å². The van der Waals surface area contributed by atoms with Crippen LogP contribution in [0.3, 0.4) is 0 Å². The highest BCUT2D eigenvalue weighted by Crippen LogP contribution is 2.19. The van der Waals surface area contributed by atoms with Crippen molar-refractivity contribution in [2.75, 3.05) is 19.6 Å². The molecule has 18 heavy (non-hydrogen) atoms. The molecule has 0 bridgehead atoms. The van der Waals surface area contributed by atoms with E-state index in [9.17, 15) is 9.18 Å². The molecule has 0 saturated carbocycles. The highest BCUT2D eigenvalue weighted by atomic mass is 35.5. The monoisotopic (exact) mass is 292 g/mol. The second-order valence-corrected chi connectivity index (χ2v) is 4.55. The van der Waals surface area contributed by atoms with Gasteiger partial charge >= 0.3 is 0 Å². The highest BCUT2D eigenvalue weighted by Gasteiger charge is 2.17. The zero-order valence-electron chi connectivity index (χ0n) is 9.71. The second kappa shape index (κ2) is 6.92. The maximum Gasteiger partial charge on any atom is 0.252 e. The normalized spacial score (nSPS) is 18.2. The fraction of sp³-hybridized carbons (Fsp3) is 0.417. The Morgan fingerprint density at radius 2 is 2.33 bits per heavy atom. The van der Waals surface area contributed by atoms with Gasteiger partial charge in [-0.05, 0) is 37.6 Å². The largest absolute Gasteiger partial charge is 0.352 e. The van der Waals surface area contributed by atoms with Crippen LogP contribution in [-0.2, 0) is 0 Å². The van der Waals surface area contributed by atoms with Gasteiger partial charge in [0, 0.05) is 6.54 Å². The number of hydrogen-bond acceptors (Lipinski definition) is 2. The molecule has 1 unspecified atom stereocenters. The van der Waals surface area contributed by atoms with Gasteiger partial charge in [-0.3, -0.25) is 4.79 Å². The van der Waals surface area contributed by atoms with Gasteiger partial charge in [0.25, 0.3) is 5.91 Å². The van der Waals surface area contributed by atoms with Crippen molar-refractivity contribution in [1.82, 2.24) is 10.6 Å². The number of carbonyl (C=O) groups is 1. The van der Waals surface area contributed by atoms with Crippen molar-refractivity contribution in [3.8, 4) is 0 Å². The van der Waals surface area contributed by atoms with Gasteiger partial charge < -0.3 is 10.6 Å². The summed E-state index contributed by atoms with van der Waals surface area (Å²) in [6.07, 6.45) is 1.05. The van der Waals surface area contributed by atoms with E-state index in [2.05, 4.69) is 10.6 Å². The van der Waals surface area contributed by atoms with Crippen LogP contribution < -0.4 is 10.6 Å². The van der Waals surface area contributed by atoms with E-state index in [1.807, 2.05) is 0 Å². The van der Waals surface area contributed by atoms with E-state index in [-0.39, 0.29) is 28.9 Å². The zero-order chi connectivity index (χ0) is 12.3. The standard InChI is InChI=1S/C12H14ClFN2O.ClH/c13-11-9(2-1-3-10(11)14)12(17)16-7-8-4-5-15-6-8;/h1-3,8,15H,4-7H2,(H,16,17);1H. The van der Waals surface area contributed by atoms with E-state index in [0.717, 1.165) is 19.5 Å². The maximum atomic E-state index is 13.2. The minimum absolute atomic E-state index is 0. The highest BCUT2D eigenvalue weighted by molar-refractivity contribution is 6.34. The Hall–Kier alpha value is -0.840. The van der Waals surface area contributed by atoms with Crippen LogP contribution >= 0.6 is 24.0 Å². The van der Waals surface area contributed by atoms with Crippen LogP contribution in [0.15, 0.2) is 18.2 Å². The molecule has 0 radical (unpaired) electrons. The van der Waals surface area contributed by atoms with Crippen LogP contribution in [0.1, 0.15) is 16.8 Å². The summed E-state index contributed by atoms with van der Waals surface area (Å²) in [6, 6.07) is 4.24. The lowest BCUT2D eigenvalue weighted by atomic mass is 10.1. The number of carbonyl (C=O) groups excluding carboxylic acids is 1. The van der Waals surface area contributed by atoms with Gasteiger partial charge in [-0.2, -0.15) is 0 Å². The molecule has 1 aromatic rings. The summed E-state index contributed by atoms with van der Waals surface area (Å²) in [6.45, 7) is 2.50. The lowest BCUT2D eigenvalue weighted by Gasteiger charge is -2.11. The average Bonchev–Trinajstić information content (AvgIpc) is 2.82. The molecule has 0 spiro atoms. The van der Waals surface area contributed by atoms with Crippen LogP contribution in [0.4, 0.5) is 4.39 Å². The molecule has 1 aliphatic heterocycles. The summed E-state index contributed by atoms with van der Waals surface area (Å²) in [5.41, 5.74) is 0.192. The van der Waals surface area contributed by atoms with Crippen molar-refractivity contribution in [3.63, 3.8) is 0 Å². The summed E-state index contributed by atoms with van der Waals surface area (Å²) >= 11 is 5.74. The van der Waals surface area contributed by atoms with E-state index in [1.54, 1.807) is 0 Å². The average molecular weight is 293 g/mol. The van der Waals surface area contributed by atoms with E-state index < -0.39 is 5.82 Å². The fourth-order valence-electron chi connectivity index (χ4n) is 1.90. The molecule has 1 heterocycles. The topological polar surface area (TPSA) is 41.1 Å². The van der Waals surface area contributed by atoms with Crippen molar-refractivity contribution >= 4 is 29.9 Å². The lowest BCUT2D eigenvalue weighted by Crippen LogP contribution is -2.30. The van der Waals surface area contributed by atoms with Crippen LogP contribution in [0.25, 0.3) is 0 Å². The molecule has 0 aliphatic carbocycles. The number of amides is 1. The Labute approximate surface area is 116 Å². The van der Waals surface area contributed by atoms with Gasteiger partial charge in [0.2, 0.25) is 0 Å². The molecule has 2 rings (SSSR count). The summed E-state index contributed by atoms with van der Waals surface area (Å²) in [5, 5.41) is 5.88. The second-order valence-electron chi connectivity index (χ2n) is 4.17. The Morgan fingerprint density at radius 3 is 3.00 bits per heavy atom. The molecule has 1 amide bonds. The van der Waals surface area contributed by atoms with E-state index in [1.165, 1.54) is 18.2 Å². The summed E-state index contributed by atoms with van der Waals surface area (Å²) < 4.78 is 13.2. The summed E-state index contributed by atoms with van der Waals surface area (Å²) in [4.78, 5) is 11.8. The maximum absolute atomic E-state index is 13.2. The van der Waals surface area contributed by atoms with E-state index in [0.29, 0.717) is 12.5 Å². The van der Waals surface area contributed by atoms with Crippen LogP contribution in [0.2, 0.25) is 5.02 Å². The van der Waals surface area contributed by atoms with Crippen LogP contribution in [-0.4, -0.2) is 25.5 Å². The molecule has 1 atom stereocenters. The SMILES string of the molecule is Cl.O=C(NCC1CCNC1)c1cccc(F)c1Cl. The van der Waals surface area contributed by atoms with E-state index >= 15 is 0 Å². The molecule has 1 aromatic carbocycles. The quantitative estimate of drug-likeness (QED) is 0.897. The molecule has 1 saturated heterocycles. The third kappa shape index (κ3) is 3.57. The molecular formula is C12H15Cl2FN2O. The lowest BCUT2D eigenvalue weighted by molar-refractivity contribution is 0.0948. The number of hydrogen-bond donors (Lipinski definition) is 2. The number of rotatable bonds is 3. The molecule has 1 aliphatic rings. The molecule has 1 fully saturated rings. The first-order chi connectivity index (χ1) is 8.18. The van der Waals surface area contributed by atoms with Gasteiger partial charge in [0.15, 0.2) is 0 Å². The van der Waals surface area contributed by atoms with E-state index in [4.69, 9.17) is 11.6 Å². The molecular weight excluding hydrogens is 278 g/mol. The summed E-state index contributed by atoms with van der Waals surface area (Å²) in [5.74, 6) is -0.436. The Morgan fingerprint density at radius 1 is 1.56 bits per heavy atom. The van der Waals surface area contributed by atoms with Gasteiger partial charge in [0.1, 0.15) is 5.82 Å². The first-order valence-electron chi connectivity index (χ1n) is 5.61.